The number of carbonyl (C=O) groups excluding carboxylic acids is 1. The Kier molecular flexibility index (Phi) is 15.9. The molecule has 1 rings (SSSR count). The van der Waals surface area contributed by atoms with Crippen molar-refractivity contribution in [1.82, 2.24) is 0 Å². The van der Waals surface area contributed by atoms with Gasteiger partial charge in [-0.15, -0.1) is 0 Å². The SMILES string of the molecule is CCC(O)[C@@H](O)[C@@H](O)C(O)CO[C@@H]1OC(C(=O)[O-])C[C@H](O)C1OS(=O)(=O)[O-].[Na+].[Na+]. The van der Waals surface area contributed by atoms with Gasteiger partial charge in [0.1, 0.15) is 24.4 Å². The molecule has 0 radical (unpaired) electrons. The number of rotatable bonds is 10. The molecule has 0 aliphatic carbocycles. The number of aliphatic carboxylic acids is 1. The Bertz CT molecular complexity index is 591. The van der Waals surface area contributed by atoms with Crippen LogP contribution in [0.5, 0.6) is 0 Å². The van der Waals surface area contributed by atoms with E-state index >= 15 is 0 Å². The van der Waals surface area contributed by atoms with Gasteiger partial charge in [0.15, 0.2) is 12.4 Å². The van der Waals surface area contributed by atoms with E-state index in [0.717, 1.165) is 0 Å². The summed E-state index contributed by atoms with van der Waals surface area (Å²) in [6, 6.07) is 0. The maximum atomic E-state index is 10.9. The number of hydrogen-bond acceptors (Lipinski definition) is 13. The Labute approximate surface area is 211 Å². The van der Waals surface area contributed by atoms with E-state index in [1.54, 1.807) is 0 Å². The van der Waals surface area contributed by atoms with Crippen LogP contribution in [0.15, 0.2) is 0 Å². The second kappa shape index (κ2) is 14.3. The predicted molar refractivity (Wildman–Crippen MR) is 79.1 cm³/mol. The molecule has 0 amide bonds. The molecule has 13 nitrogen and oxygen atoms in total. The quantitative estimate of drug-likeness (QED) is 0.115. The molecule has 160 valence electrons. The average Bonchev–Trinajstić information content (AvgIpc) is 2.58. The molecule has 1 fully saturated rings. The second-order valence-corrected chi connectivity index (χ2v) is 6.95. The van der Waals surface area contributed by atoms with Crippen LogP contribution in [-0.2, 0) is 28.9 Å². The molecule has 4 unspecified atom stereocenters. The number of carboxylic acids is 1. The summed E-state index contributed by atoms with van der Waals surface area (Å²) in [4.78, 5) is 10.9. The Hall–Kier alpha value is 1.06. The summed E-state index contributed by atoms with van der Waals surface area (Å²) in [6.07, 6.45) is -14.8. The normalized spacial score (nSPS) is 28.9. The van der Waals surface area contributed by atoms with Crippen LogP contribution >= 0.6 is 0 Å². The van der Waals surface area contributed by atoms with Crippen molar-refractivity contribution in [2.45, 2.75) is 68.8 Å². The van der Waals surface area contributed by atoms with Crippen LogP contribution in [0.25, 0.3) is 0 Å². The van der Waals surface area contributed by atoms with Crippen molar-refractivity contribution in [3.05, 3.63) is 0 Å². The zero-order valence-electron chi connectivity index (χ0n) is 16.2. The third kappa shape index (κ3) is 10.5. The van der Waals surface area contributed by atoms with Crippen LogP contribution in [-0.4, -0.2) is 100 Å². The Balaban J connectivity index is 0. The number of hydrogen-bond donors (Lipinski definition) is 5. The van der Waals surface area contributed by atoms with E-state index in [1.165, 1.54) is 6.92 Å². The van der Waals surface area contributed by atoms with Crippen molar-refractivity contribution in [2.75, 3.05) is 6.61 Å². The first-order chi connectivity index (χ1) is 12.4. The molecule has 0 aromatic carbocycles. The van der Waals surface area contributed by atoms with E-state index in [2.05, 4.69) is 4.18 Å². The fraction of sp³-hybridized carbons (Fsp3) is 0.923. The maximum Gasteiger partial charge on any atom is 1.00 e. The van der Waals surface area contributed by atoms with E-state index in [4.69, 9.17) is 9.47 Å². The molecule has 8 atom stereocenters. The van der Waals surface area contributed by atoms with Crippen molar-refractivity contribution in [1.29, 1.82) is 0 Å². The number of carboxylic acid groups (broad SMARTS) is 1. The molecule has 1 heterocycles. The molecular weight excluding hydrogens is 442 g/mol. The van der Waals surface area contributed by atoms with Crippen LogP contribution < -0.4 is 64.2 Å². The first-order valence-electron chi connectivity index (χ1n) is 7.89. The van der Waals surface area contributed by atoms with Gasteiger partial charge in [0, 0.05) is 6.42 Å². The van der Waals surface area contributed by atoms with Gasteiger partial charge in [-0.3, -0.25) is 4.18 Å². The zero-order valence-corrected chi connectivity index (χ0v) is 21.0. The van der Waals surface area contributed by atoms with Gasteiger partial charge in [0.05, 0.1) is 24.8 Å². The summed E-state index contributed by atoms with van der Waals surface area (Å²) in [5.74, 6) is -1.76. The molecule has 5 N–H and O–H groups in total. The van der Waals surface area contributed by atoms with Gasteiger partial charge in [-0.05, 0) is 6.42 Å². The summed E-state index contributed by atoms with van der Waals surface area (Å²) < 4.78 is 46.2. The molecule has 16 heteroatoms. The van der Waals surface area contributed by atoms with Crippen molar-refractivity contribution in [2.24, 2.45) is 0 Å². The minimum absolute atomic E-state index is 0. The van der Waals surface area contributed by atoms with Crippen LogP contribution in [0, 0.1) is 0 Å². The average molecular weight is 464 g/mol. The molecule has 0 spiro atoms. The Morgan fingerprint density at radius 1 is 1.17 bits per heavy atom. The second-order valence-electron chi connectivity index (χ2n) is 5.94. The number of carbonyl (C=O) groups is 1. The van der Waals surface area contributed by atoms with E-state index < -0.39 is 78.4 Å². The minimum atomic E-state index is -5.33. The first-order valence-corrected chi connectivity index (χ1v) is 9.23. The van der Waals surface area contributed by atoms with Gasteiger partial charge in [0.25, 0.3) is 0 Å². The summed E-state index contributed by atoms with van der Waals surface area (Å²) in [5, 5.41) is 59.4. The van der Waals surface area contributed by atoms with Crippen LogP contribution in [0.3, 0.4) is 0 Å². The third-order valence-corrected chi connectivity index (χ3v) is 4.34. The third-order valence-electron chi connectivity index (χ3n) is 3.88. The van der Waals surface area contributed by atoms with Gasteiger partial charge in [-0.25, -0.2) is 8.42 Å². The fourth-order valence-electron chi connectivity index (χ4n) is 2.35. The fourth-order valence-corrected chi connectivity index (χ4v) is 2.84. The van der Waals surface area contributed by atoms with Crippen LogP contribution in [0.2, 0.25) is 0 Å². The van der Waals surface area contributed by atoms with E-state index in [-0.39, 0.29) is 65.5 Å². The topological polar surface area (TPSA) is 226 Å². The maximum absolute atomic E-state index is 10.9. The van der Waals surface area contributed by atoms with Gasteiger partial charge in [-0.2, -0.15) is 0 Å². The van der Waals surface area contributed by atoms with Gasteiger partial charge in [-0.1, -0.05) is 6.92 Å². The Morgan fingerprint density at radius 3 is 2.14 bits per heavy atom. The molecule has 1 aliphatic rings. The predicted octanol–water partition coefficient (Wildman–Crippen LogP) is -11.1. The Morgan fingerprint density at radius 2 is 1.69 bits per heavy atom. The first kappa shape index (κ1) is 32.2. The van der Waals surface area contributed by atoms with Crippen molar-refractivity contribution >= 4 is 16.4 Å². The van der Waals surface area contributed by atoms with Crippen molar-refractivity contribution < 1.29 is 121 Å². The molecule has 0 saturated carbocycles. The van der Waals surface area contributed by atoms with Gasteiger partial charge < -0.3 is 49.5 Å². The molecule has 0 bridgehead atoms. The molecule has 1 saturated heterocycles. The molecule has 29 heavy (non-hydrogen) atoms. The molecule has 1 aliphatic heterocycles. The summed E-state index contributed by atoms with van der Waals surface area (Å²) in [5.41, 5.74) is 0. The van der Waals surface area contributed by atoms with Crippen molar-refractivity contribution in [3.8, 4) is 0 Å². The minimum Gasteiger partial charge on any atom is -0.726 e. The van der Waals surface area contributed by atoms with Gasteiger partial charge in [0.2, 0.25) is 10.4 Å². The monoisotopic (exact) mass is 464 g/mol. The number of aliphatic hydroxyl groups excluding tert-OH is 5. The number of ether oxygens (including phenoxy) is 2. The zero-order chi connectivity index (χ0) is 20.9. The van der Waals surface area contributed by atoms with E-state index in [0.29, 0.717) is 0 Å². The number of aliphatic hydroxyl groups is 5. The molecule has 0 aromatic rings. The summed E-state index contributed by atoms with van der Waals surface area (Å²) in [6.45, 7) is 0.650. The van der Waals surface area contributed by atoms with Crippen LogP contribution in [0.1, 0.15) is 19.8 Å². The molecule has 0 aromatic heterocycles. The smallest absolute Gasteiger partial charge is 0.726 e. The van der Waals surface area contributed by atoms with Crippen molar-refractivity contribution in [3.63, 3.8) is 0 Å². The summed E-state index contributed by atoms with van der Waals surface area (Å²) in [7, 11) is -5.33. The summed E-state index contributed by atoms with van der Waals surface area (Å²) >= 11 is 0. The van der Waals surface area contributed by atoms with Gasteiger partial charge >= 0.3 is 59.1 Å². The van der Waals surface area contributed by atoms with E-state index in [9.17, 15) is 48.4 Å². The molecular formula is C13H22Na2O13S. The largest absolute Gasteiger partial charge is 1.00 e. The van der Waals surface area contributed by atoms with Crippen LogP contribution in [0.4, 0.5) is 0 Å². The van der Waals surface area contributed by atoms with E-state index in [1.807, 2.05) is 0 Å². The standard InChI is InChI=1S/C13H24O13S.2Na/c1-2-5(14)9(17)10(18)7(16)4-24-13-11(26-27(21,22)23)6(15)3-8(25-13)12(19)20;;/h5-11,13-18H,2-4H2,1H3,(H,19,20)(H,21,22,23);;/q;2*+1/p-2/t5?,6-,7?,8?,9+,10-,11?,13+;;/m0../s1.